The van der Waals surface area contributed by atoms with E-state index in [-0.39, 0.29) is 18.1 Å². The van der Waals surface area contributed by atoms with Gasteiger partial charge in [0.05, 0.1) is 22.2 Å². The summed E-state index contributed by atoms with van der Waals surface area (Å²) in [5.41, 5.74) is 2.94. The van der Waals surface area contributed by atoms with Crippen LogP contribution in [0.2, 0.25) is 0 Å². The van der Waals surface area contributed by atoms with E-state index in [1.54, 1.807) is 54.0 Å². The van der Waals surface area contributed by atoms with Crippen molar-refractivity contribution in [1.82, 2.24) is 9.55 Å². The smallest absolute Gasteiger partial charge is 0.265 e. The normalized spacial score (nSPS) is 10.5. The first-order valence-corrected chi connectivity index (χ1v) is 9.99. The number of nitrogens with zero attached hydrogens (tertiary/aromatic N) is 3. The van der Waals surface area contributed by atoms with Crippen LogP contribution in [0.4, 0.5) is 5.69 Å². The Balaban J connectivity index is 1.54. The van der Waals surface area contributed by atoms with E-state index in [1.165, 1.54) is 0 Å². The van der Waals surface area contributed by atoms with Gasteiger partial charge in [0.25, 0.3) is 11.5 Å². The maximum atomic E-state index is 13.0. The minimum atomic E-state index is -0.352. The van der Waals surface area contributed by atoms with E-state index < -0.39 is 0 Å². The molecule has 158 valence electrons. The van der Waals surface area contributed by atoms with Gasteiger partial charge >= 0.3 is 0 Å². The zero-order valence-corrected chi connectivity index (χ0v) is 17.6. The molecular weight excluding hydrogens is 404 g/mol. The molecule has 7 heteroatoms. The largest absolute Gasteiger partial charge is 0.482 e. The van der Waals surface area contributed by atoms with Gasteiger partial charge in [-0.3, -0.25) is 14.2 Å². The third-order valence-corrected chi connectivity index (χ3v) is 5.05. The fourth-order valence-electron chi connectivity index (χ4n) is 3.49. The van der Waals surface area contributed by atoms with Gasteiger partial charge in [-0.15, -0.1) is 0 Å². The topological polar surface area (TPSA) is 97.0 Å². The molecule has 1 N–H and O–H groups in total. The lowest BCUT2D eigenvalue weighted by atomic mass is 10.1. The standard InChI is InChI=1S/C25H20N4O3/c1-16-13-19(29-17(2)27-22-9-5-4-8-20(22)25(29)31)11-12-21(16)28-24(30)15-32-23-10-6-3-7-18(23)14-26/h3-13H,15H2,1-2H3,(H,28,30). The Bertz CT molecular complexity index is 1430. The lowest BCUT2D eigenvalue weighted by Gasteiger charge is -2.14. The zero-order chi connectivity index (χ0) is 22.7. The molecule has 4 rings (SSSR count). The number of amides is 1. The highest BCUT2D eigenvalue weighted by Gasteiger charge is 2.12. The predicted octanol–water partition coefficient (Wildman–Crippen LogP) is 3.89. The quantitative estimate of drug-likeness (QED) is 0.524. The summed E-state index contributed by atoms with van der Waals surface area (Å²) in [6, 6.07) is 21.3. The number of nitrogens with one attached hydrogen (secondary N) is 1. The van der Waals surface area contributed by atoms with E-state index >= 15 is 0 Å². The molecule has 0 fully saturated rings. The van der Waals surface area contributed by atoms with E-state index in [0.717, 1.165) is 5.56 Å². The van der Waals surface area contributed by atoms with Gasteiger partial charge in [-0.1, -0.05) is 24.3 Å². The van der Waals surface area contributed by atoms with Crippen molar-refractivity contribution in [3.63, 3.8) is 0 Å². The number of hydrogen-bond acceptors (Lipinski definition) is 5. The third-order valence-electron chi connectivity index (χ3n) is 5.05. The van der Waals surface area contributed by atoms with E-state index in [1.807, 2.05) is 37.3 Å². The second-order valence-corrected chi connectivity index (χ2v) is 7.26. The molecule has 0 aliphatic carbocycles. The number of rotatable bonds is 5. The summed E-state index contributed by atoms with van der Waals surface area (Å²) in [6.07, 6.45) is 0. The molecule has 1 heterocycles. The summed E-state index contributed by atoms with van der Waals surface area (Å²) in [4.78, 5) is 29.9. The fraction of sp³-hybridized carbons (Fsp3) is 0.120. The van der Waals surface area contributed by atoms with Gasteiger partial charge < -0.3 is 10.1 Å². The molecule has 0 spiro atoms. The van der Waals surface area contributed by atoms with Gasteiger partial charge in [0.2, 0.25) is 0 Å². The highest BCUT2D eigenvalue weighted by atomic mass is 16.5. The molecule has 0 aliphatic heterocycles. The molecule has 7 nitrogen and oxygen atoms in total. The van der Waals surface area contributed by atoms with Crippen LogP contribution in [0.5, 0.6) is 5.75 Å². The van der Waals surface area contributed by atoms with Crippen LogP contribution in [0.1, 0.15) is 17.0 Å². The fourth-order valence-corrected chi connectivity index (χ4v) is 3.49. The zero-order valence-electron chi connectivity index (χ0n) is 17.6. The summed E-state index contributed by atoms with van der Waals surface area (Å²) in [5.74, 6) is 0.583. The molecule has 0 bridgehead atoms. The minimum absolute atomic E-state index is 0.145. The summed E-state index contributed by atoms with van der Waals surface area (Å²) >= 11 is 0. The van der Waals surface area contributed by atoms with E-state index in [2.05, 4.69) is 10.3 Å². The minimum Gasteiger partial charge on any atom is -0.482 e. The molecule has 1 aromatic heterocycles. The van der Waals surface area contributed by atoms with Gasteiger partial charge in [0.15, 0.2) is 6.61 Å². The highest BCUT2D eigenvalue weighted by molar-refractivity contribution is 5.92. The molecule has 1 amide bonds. The van der Waals surface area contributed by atoms with Crippen LogP contribution in [0.3, 0.4) is 0 Å². The predicted molar refractivity (Wildman–Crippen MR) is 122 cm³/mol. The number of para-hydroxylation sites is 2. The molecule has 0 saturated heterocycles. The SMILES string of the molecule is Cc1cc(-n2c(C)nc3ccccc3c2=O)ccc1NC(=O)COc1ccccc1C#N. The lowest BCUT2D eigenvalue weighted by molar-refractivity contribution is -0.118. The van der Waals surface area contributed by atoms with Gasteiger partial charge in [0.1, 0.15) is 17.6 Å². The Labute approximate surface area is 184 Å². The average Bonchev–Trinajstić information content (AvgIpc) is 2.79. The van der Waals surface area contributed by atoms with Crippen LogP contribution in [-0.4, -0.2) is 22.1 Å². The maximum absolute atomic E-state index is 13.0. The molecule has 0 unspecified atom stereocenters. The van der Waals surface area contributed by atoms with Crippen molar-refractivity contribution in [3.05, 3.63) is 94.0 Å². The van der Waals surface area contributed by atoms with E-state index in [4.69, 9.17) is 10.00 Å². The first-order valence-electron chi connectivity index (χ1n) is 9.99. The summed E-state index contributed by atoms with van der Waals surface area (Å²) in [7, 11) is 0. The Kier molecular flexibility index (Phi) is 5.69. The first-order chi connectivity index (χ1) is 15.5. The molecule has 0 aliphatic rings. The highest BCUT2D eigenvalue weighted by Crippen LogP contribution is 2.21. The first kappa shape index (κ1) is 20.8. The Hall–Kier alpha value is -4.44. The van der Waals surface area contributed by atoms with Gasteiger partial charge in [-0.2, -0.15) is 5.26 Å². The second-order valence-electron chi connectivity index (χ2n) is 7.26. The summed E-state index contributed by atoms with van der Waals surface area (Å²) in [5, 5.41) is 12.5. The van der Waals surface area contributed by atoms with Crippen LogP contribution in [0.25, 0.3) is 16.6 Å². The number of anilines is 1. The van der Waals surface area contributed by atoms with Gasteiger partial charge in [-0.25, -0.2) is 4.98 Å². The second kappa shape index (κ2) is 8.74. The monoisotopic (exact) mass is 424 g/mol. The molecular formula is C25H20N4O3. The average molecular weight is 424 g/mol. The number of aryl methyl sites for hydroxylation is 2. The van der Waals surface area contributed by atoms with Crippen molar-refractivity contribution < 1.29 is 9.53 Å². The van der Waals surface area contributed by atoms with E-state index in [9.17, 15) is 9.59 Å². The van der Waals surface area contributed by atoms with Crippen molar-refractivity contribution in [3.8, 4) is 17.5 Å². The van der Waals surface area contributed by atoms with Gasteiger partial charge in [-0.05, 0) is 61.9 Å². The number of carbonyl (C=O) groups is 1. The van der Waals surface area contributed by atoms with Crippen molar-refractivity contribution in [2.45, 2.75) is 13.8 Å². The molecule has 0 saturated carbocycles. The number of ether oxygens (including phenoxy) is 1. The number of hydrogen-bond donors (Lipinski definition) is 1. The van der Waals surface area contributed by atoms with Crippen LogP contribution in [0, 0.1) is 25.2 Å². The molecule has 4 aromatic rings. The number of nitriles is 1. The Morgan fingerprint density at radius 3 is 2.62 bits per heavy atom. The molecule has 0 radical (unpaired) electrons. The number of fused-ring (bicyclic) bond motifs is 1. The van der Waals surface area contributed by atoms with Crippen LogP contribution < -0.4 is 15.6 Å². The number of carbonyl (C=O) groups excluding carboxylic acids is 1. The third kappa shape index (κ3) is 4.07. The summed E-state index contributed by atoms with van der Waals surface area (Å²) < 4.78 is 7.04. The lowest BCUT2D eigenvalue weighted by Crippen LogP contribution is -2.23. The van der Waals surface area contributed by atoms with Crippen LogP contribution in [0.15, 0.2) is 71.5 Å². The molecule has 32 heavy (non-hydrogen) atoms. The van der Waals surface area contributed by atoms with Crippen molar-refractivity contribution in [2.24, 2.45) is 0 Å². The molecule has 3 aromatic carbocycles. The van der Waals surface area contributed by atoms with Crippen molar-refractivity contribution in [1.29, 1.82) is 5.26 Å². The van der Waals surface area contributed by atoms with E-state index in [0.29, 0.717) is 39.4 Å². The van der Waals surface area contributed by atoms with Gasteiger partial charge in [0, 0.05) is 5.69 Å². The maximum Gasteiger partial charge on any atom is 0.265 e. The summed E-state index contributed by atoms with van der Waals surface area (Å²) in [6.45, 7) is 3.40. The van der Waals surface area contributed by atoms with Crippen LogP contribution >= 0.6 is 0 Å². The number of benzene rings is 3. The van der Waals surface area contributed by atoms with Crippen molar-refractivity contribution >= 4 is 22.5 Å². The van der Waals surface area contributed by atoms with Crippen molar-refractivity contribution in [2.75, 3.05) is 11.9 Å². The van der Waals surface area contributed by atoms with Crippen LogP contribution in [-0.2, 0) is 4.79 Å². The number of aromatic nitrogens is 2. The Morgan fingerprint density at radius 1 is 1.09 bits per heavy atom. The Morgan fingerprint density at radius 2 is 1.84 bits per heavy atom. The molecule has 0 atom stereocenters.